The third-order valence-corrected chi connectivity index (χ3v) is 6.10. The first-order valence-electron chi connectivity index (χ1n) is 8.33. The molecule has 2 N–H and O–H groups in total. The smallest absolute Gasteiger partial charge is 0.348 e. The number of thiazole rings is 1. The molecule has 2 aromatic carbocycles. The SMILES string of the molecule is O=C(NCc1ccc(C(F)(F)F)c(F)c1)c1ccc(S(=O)(=O)Nc2nccs2)cc1F. The van der Waals surface area contributed by atoms with Gasteiger partial charge in [0.25, 0.3) is 15.9 Å². The number of nitrogens with zero attached hydrogens (tertiary/aromatic N) is 1. The van der Waals surface area contributed by atoms with E-state index in [0.29, 0.717) is 18.2 Å². The minimum absolute atomic E-state index is 0.0195. The van der Waals surface area contributed by atoms with E-state index in [1.54, 1.807) is 0 Å². The number of alkyl halides is 3. The second kappa shape index (κ2) is 8.59. The number of halogens is 5. The fourth-order valence-corrected chi connectivity index (χ4v) is 4.27. The topological polar surface area (TPSA) is 88.2 Å². The van der Waals surface area contributed by atoms with Crippen molar-refractivity contribution >= 4 is 32.4 Å². The predicted octanol–water partition coefficient (Wildman–Crippen LogP) is 4.17. The van der Waals surface area contributed by atoms with Gasteiger partial charge in [-0.3, -0.25) is 9.52 Å². The third-order valence-electron chi connectivity index (χ3n) is 3.94. The summed E-state index contributed by atoms with van der Waals surface area (Å²) in [6, 6.07) is 4.71. The largest absolute Gasteiger partial charge is 0.419 e. The monoisotopic (exact) mass is 477 g/mol. The molecule has 0 aliphatic heterocycles. The molecule has 0 aliphatic carbocycles. The normalized spacial score (nSPS) is 11.9. The van der Waals surface area contributed by atoms with Crippen molar-refractivity contribution < 1.29 is 35.2 Å². The second-order valence-electron chi connectivity index (χ2n) is 6.08. The Morgan fingerprint density at radius 3 is 2.39 bits per heavy atom. The van der Waals surface area contributed by atoms with E-state index in [4.69, 9.17) is 0 Å². The number of nitrogens with one attached hydrogen (secondary N) is 2. The maximum absolute atomic E-state index is 14.3. The maximum atomic E-state index is 14.3. The summed E-state index contributed by atoms with van der Waals surface area (Å²) in [7, 11) is -4.13. The standard InChI is InChI=1S/C18H12F5N3O3S2/c19-14-8-11(31(28,29)26-17-24-5-6-30-17)2-3-12(14)16(27)25-9-10-1-4-13(15(20)7-10)18(21,22)23/h1-8H,9H2,(H,24,26)(H,25,27). The number of carbonyl (C=O) groups excluding carboxylic acids is 1. The van der Waals surface area contributed by atoms with Crippen LogP contribution in [0.2, 0.25) is 0 Å². The van der Waals surface area contributed by atoms with Crippen molar-refractivity contribution in [1.29, 1.82) is 0 Å². The van der Waals surface area contributed by atoms with E-state index >= 15 is 0 Å². The van der Waals surface area contributed by atoms with Gasteiger partial charge in [-0.1, -0.05) is 6.07 Å². The summed E-state index contributed by atoms with van der Waals surface area (Å²) in [5.41, 5.74) is -1.93. The molecule has 1 amide bonds. The van der Waals surface area contributed by atoms with Gasteiger partial charge < -0.3 is 5.32 Å². The molecular weight excluding hydrogens is 465 g/mol. The Morgan fingerprint density at radius 1 is 1.06 bits per heavy atom. The number of anilines is 1. The van der Waals surface area contributed by atoms with Gasteiger partial charge in [-0.15, -0.1) is 11.3 Å². The molecule has 0 atom stereocenters. The average Bonchev–Trinajstić information content (AvgIpc) is 3.17. The Hall–Kier alpha value is -3.06. The van der Waals surface area contributed by atoms with Crippen molar-refractivity contribution in [3.05, 3.63) is 76.3 Å². The summed E-state index contributed by atoms with van der Waals surface area (Å²) >= 11 is 1.02. The third kappa shape index (κ3) is 5.35. The molecule has 6 nitrogen and oxygen atoms in total. The highest BCUT2D eigenvalue weighted by Crippen LogP contribution is 2.31. The van der Waals surface area contributed by atoms with Gasteiger partial charge in [0.2, 0.25) is 0 Å². The Balaban J connectivity index is 1.71. The molecule has 0 bridgehead atoms. The van der Waals surface area contributed by atoms with Crippen molar-refractivity contribution in [2.24, 2.45) is 0 Å². The number of hydrogen-bond acceptors (Lipinski definition) is 5. The zero-order valence-corrected chi connectivity index (χ0v) is 16.8. The molecule has 0 spiro atoms. The molecule has 0 saturated carbocycles. The van der Waals surface area contributed by atoms with Crippen LogP contribution < -0.4 is 10.0 Å². The molecule has 3 rings (SSSR count). The van der Waals surface area contributed by atoms with Gasteiger partial charge >= 0.3 is 6.18 Å². The highest BCUT2D eigenvalue weighted by atomic mass is 32.2. The first kappa shape index (κ1) is 22.6. The van der Waals surface area contributed by atoms with E-state index < -0.39 is 49.8 Å². The molecule has 0 fully saturated rings. The average molecular weight is 477 g/mol. The lowest BCUT2D eigenvalue weighted by molar-refractivity contribution is -0.140. The predicted molar refractivity (Wildman–Crippen MR) is 102 cm³/mol. The molecule has 0 saturated heterocycles. The number of aromatic nitrogens is 1. The van der Waals surface area contributed by atoms with Crippen LogP contribution in [0.5, 0.6) is 0 Å². The Kier molecular flexibility index (Phi) is 6.27. The van der Waals surface area contributed by atoms with Crippen molar-refractivity contribution in [3.63, 3.8) is 0 Å². The van der Waals surface area contributed by atoms with Gasteiger partial charge in [-0.25, -0.2) is 22.2 Å². The van der Waals surface area contributed by atoms with Crippen molar-refractivity contribution in [2.75, 3.05) is 4.72 Å². The number of sulfonamides is 1. The van der Waals surface area contributed by atoms with Crippen LogP contribution >= 0.6 is 11.3 Å². The maximum Gasteiger partial charge on any atom is 0.419 e. The van der Waals surface area contributed by atoms with Crippen LogP contribution in [0.15, 0.2) is 52.9 Å². The Morgan fingerprint density at radius 2 is 1.81 bits per heavy atom. The molecular formula is C18H12F5N3O3S2. The van der Waals surface area contributed by atoms with Crippen LogP contribution in [0.3, 0.4) is 0 Å². The number of carbonyl (C=O) groups is 1. The molecule has 31 heavy (non-hydrogen) atoms. The van der Waals surface area contributed by atoms with E-state index in [-0.39, 0.29) is 17.2 Å². The Bertz CT molecular complexity index is 1210. The lowest BCUT2D eigenvalue weighted by Gasteiger charge is -2.11. The zero-order valence-electron chi connectivity index (χ0n) is 15.2. The van der Waals surface area contributed by atoms with Gasteiger partial charge in [0.1, 0.15) is 11.6 Å². The minimum Gasteiger partial charge on any atom is -0.348 e. The van der Waals surface area contributed by atoms with E-state index in [0.717, 1.165) is 29.5 Å². The van der Waals surface area contributed by atoms with Crippen LogP contribution in [0.25, 0.3) is 0 Å². The summed E-state index contributed by atoms with van der Waals surface area (Å²) in [6.07, 6.45) is -3.48. The van der Waals surface area contributed by atoms with E-state index in [2.05, 4.69) is 15.0 Å². The van der Waals surface area contributed by atoms with Gasteiger partial charge in [0.05, 0.1) is 16.0 Å². The number of rotatable bonds is 6. The molecule has 0 unspecified atom stereocenters. The van der Waals surface area contributed by atoms with Crippen LogP contribution in [0.4, 0.5) is 27.1 Å². The van der Waals surface area contributed by atoms with E-state index in [1.807, 2.05) is 0 Å². The summed E-state index contributed by atoms with van der Waals surface area (Å²) < 4.78 is 92.3. The number of amides is 1. The molecule has 13 heteroatoms. The molecule has 0 aliphatic rings. The van der Waals surface area contributed by atoms with Gasteiger partial charge in [-0.05, 0) is 35.9 Å². The van der Waals surface area contributed by atoms with Gasteiger partial charge in [0.15, 0.2) is 5.13 Å². The fraction of sp³-hybridized carbons (Fsp3) is 0.111. The zero-order chi connectivity index (χ0) is 22.8. The first-order chi connectivity index (χ1) is 14.5. The summed E-state index contributed by atoms with van der Waals surface area (Å²) in [5, 5.41) is 3.85. The molecule has 0 radical (unpaired) electrons. The van der Waals surface area contributed by atoms with Crippen LogP contribution in [0, 0.1) is 11.6 Å². The van der Waals surface area contributed by atoms with Crippen molar-refractivity contribution in [2.45, 2.75) is 17.6 Å². The van der Waals surface area contributed by atoms with Crippen LogP contribution in [-0.2, 0) is 22.7 Å². The minimum atomic E-state index is -4.86. The Labute approximate surface area is 176 Å². The van der Waals surface area contributed by atoms with Gasteiger partial charge in [-0.2, -0.15) is 13.2 Å². The molecule has 3 aromatic rings. The first-order valence-corrected chi connectivity index (χ1v) is 10.7. The molecule has 1 aromatic heterocycles. The van der Waals surface area contributed by atoms with E-state index in [1.165, 1.54) is 11.6 Å². The quantitative estimate of drug-likeness (QED) is 0.522. The highest BCUT2D eigenvalue weighted by molar-refractivity contribution is 7.93. The number of hydrogen-bond donors (Lipinski definition) is 2. The summed E-state index contributed by atoms with van der Waals surface area (Å²) in [4.78, 5) is 15.5. The van der Waals surface area contributed by atoms with Gasteiger partial charge in [0, 0.05) is 18.1 Å². The lowest BCUT2D eigenvalue weighted by Crippen LogP contribution is -2.24. The van der Waals surface area contributed by atoms with Crippen LogP contribution in [-0.4, -0.2) is 19.3 Å². The second-order valence-corrected chi connectivity index (χ2v) is 8.66. The summed E-state index contributed by atoms with van der Waals surface area (Å²) in [6.45, 7) is -0.376. The van der Waals surface area contributed by atoms with Crippen LogP contribution in [0.1, 0.15) is 21.5 Å². The number of benzene rings is 2. The van der Waals surface area contributed by atoms with Crippen molar-refractivity contribution in [3.8, 4) is 0 Å². The van der Waals surface area contributed by atoms with E-state index in [9.17, 15) is 35.2 Å². The van der Waals surface area contributed by atoms with Crippen molar-refractivity contribution in [1.82, 2.24) is 10.3 Å². The molecule has 164 valence electrons. The highest BCUT2D eigenvalue weighted by Gasteiger charge is 2.33. The summed E-state index contributed by atoms with van der Waals surface area (Å²) in [5.74, 6) is -3.61. The fourth-order valence-electron chi connectivity index (χ4n) is 2.47. The molecule has 1 heterocycles. The lowest BCUT2D eigenvalue weighted by atomic mass is 10.1.